The lowest BCUT2D eigenvalue weighted by molar-refractivity contribution is -0.132. The SMILES string of the molecule is CC(C)(C)OC(=O)NCC1CCN(C(=O)CCCCc2ccc(Br)cc2)CC1. The van der Waals surface area contributed by atoms with Crippen molar-refractivity contribution in [3.63, 3.8) is 0 Å². The Morgan fingerprint density at radius 3 is 2.39 bits per heavy atom. The van der Waals surface area contributed by atoms with Gasteiger partial charge in [-0.05, 0) is 76.5 Å². The number of hydrogen-bond donors (Lipinski definition) is 1. The number of halogens is 1. The second-order valence-corrected chi connectivity index (χ2v) is 9.46. The van der Waals surface area contributed by atoms with Gasteiger partial charge in [-0.2, -0.15) is 0 Å². The molecular formula is C22H33BrN2O3. The van der Waals surface area contributed by atoms with Crippen LogP contribution >= 0.6 is 15.9 Å². The molecule has 6 heteroatoms. The zero-order valence-electron chi connectivity index (χ0n) is 17.3. The summed E-state index contributed by atoms with van der Waals surface area (Å²) in [7, 11) is 0. The van der Waals surface area contributed by atoms with Gasteiger partial charge in [-0.15, -0.1) is 0 Å². The molecule has 1 aliphatic heterocycles. The number of ether oxygens (including phenoxy) is 1. The van der Waals surface area contributed by atoms with Crippen LogP contribution in [0.2, 0.25) is 0 Å². The normalized spacial score (nSPS) is 15.4. The van der Waals surface area contributed by atoms with Crippen LogP contribution < -0.4 is 5.32 Å². The fourth-order valence-electron chi connectivity index (χ4n) is 3.34. The van der Waals surface area contributed by atoms with Crippen LogP contribution in [-0.4, -0.2) is 42.1 Å². The molecule has 0 unspecified atom stereocenters. The van der Waals surface area contributed by atoms with Crippen LogP contribution in [0, 0.1) is 5.92 Å². The number of benzene rings is 1. The van der Waals surface area contributed by atoms with E-state index in [2.05, 4.69) is 45.5 Å². The number of nitrogens with one attached hydrogen (secondary N) is 1. The molecule has 28 heavy (non-hydrogen) atoms. The quantitative estimate of drug-likeness (QED) is 0.596. The van der Waals surface area contributed by atoms with Crippen LogP contribution in [0.5, 0.6) is 0 Å². The number of alkyl carbamates (subject to hydrolysis) is 1. The van der Waals surface area contributed by atoms with Crippen molar-refractivity contribution in [3.8, 4) is 0 Å². The van der Waals surface area contributed by atoms with E-state index in [-0.39, 0.29) is 12.0 Å². The molecule has 0 spiro atoms. The van der Waals surface area contributed by atoms with E-state index < -0.39 is 5.60 Å². The highest BCUT2D eigenvalue weighted by Crippen LogP contribution is 2.19. The number of unbranched alkanes of at least 4 members (excludes halogenated alkanes) is 1. The smallest absolute Gasteiger partial charge is 0.407 e. The summed E-state index contributed by atoms with van der Waals surface area (Å²) in [5, 5.41) is 2.85. The minimum Gasteiger partial charge on any atom is -0.444 e. The number of amides is 2. The molecule has 1 heterocycles. The van der Waals surface area contributed by atoms with Crippen molar-refractivity contribution in [2.24, 2.45) is 5.92 Å². The van der Waals surface area contributed by atoms with Crippen molar-refractivity contribution in [3.05, 3.63) is 34.3 Å². The van der Waals surface area contributed by atoms with E-state index in [1.165, 1.54) is 5.56 Å². The summed E-state index contributed by atoms with van der Waals surface area (Å²) in [5.74, 6) is 0.670. The highest BCUT2D eigenvalue weighted by molar-refractivity contribution is 9.10. The van der Waals surface area contributed by atoms with Crippen LogP contribution in [0.4, 0.5) is 4.79 Å². The summed E-state index contributed by atoms with van der Waals surface area (Å²) in [5.41, 5.74) is 0.839. The largest absolute Gasteiger partial charge is 0.444 e. The molecule has 2 amide bonds. The minimum absolute atomic E-state index is 0.259. The van der Waals surface area contributed by atoms with Crippen molar-refractivity contribution >= 4 is 27.9 Å². The second-order valence-electron chi connectivity index (χ2n) is 8.54. The molecule has 0 bridgehead atoms. The third-order valence-electron chi connectivity index (χ3n) is 4.92. The standard InChI is InChI=1S/C22H33BrN2O3/c1-22(2,3)28-21(27)24-16-18-12-14-25(15-13-18)20(26)7-5-4-6-17-8-10-19(23)11-9-17/h8-11,18H,4-7,12-16H2,1-3H3,(H,24,27). The molecule has 156 valence electrons. The molecule has 0 aromatic heterocycles. The molecule has 0 aliphatic carbocycles. The third-order valence-corrected chi connectivity index (χ3v) is 5.45. The topological polar surface area (TPSA) is 58.6 Å². The van der Waals surface area contributed by atoms with Gasteiger partial charge in [0.25, 0.3) is 0 Å². The fourth-order valence-corrected chi connectivity index (χ4v) is 3.61. The van der Waals surface area contributed by atoms with E-state index in [0.29, 0.717) is 18.9 Å². The number of hydrogen-bond acceptors (Lipinski definition) is 3. The summed E-state index contributed by atoms with van der Waals surface area (Å²) in [6.07, 6.45) is 5.09. The predicted octanol–water partition coefficient (Wildman–Crippen LogP) is 4.93. The summed E-state index contributed by atoms with van der Waals surface area (Å²) in [6.45, 7) is 7.75. The summed E-state index contributed by atoms with van der Waals surface area (Å²) in [6, 6.07) is 8.37. The van der Waals surface area contributed by atoms with Crippen molar-refractivity contribution in [1.82, 2.24) is 10.2 Å². The second kappa shape index (κ2) is 10.8. The fraction of sp³-hybridized carbons (Fsp3) is 0.636. The van der Waals surface area contributed by atoms with Gasteiger partial charge in [0.05, 0.1) is 0 Å². The zero-order chi connectivity index (χ0) is 20.6. The Labute approximate surface area is 177 Å². The molecular weight excluding hydrogens is 420 g/mol. The number of likely N-dealkylation sites (tertiary alicyclic amines) is 1. The van der Waals surface area contributed by atoms with Gasteiger partial charge in [0.1, 0.15) is 5.60 Å². The third kappa shape index (κ3) is 8.63. The highest BCUT2D eigenvalue weighted by atomic mass is 79.9. The maximum atomic E-state index is 12.4. The number of piperidine rings is 1. The molecule has 2 rings (SSSR count). The van der Waals surface area contributed by atoms with Gasteiger partial charge < -0.3 is 15.0 Å². The Balaban J connectivity index is 1.58. The van der Waals surface area contributed by atoms with Gasteiger partial charge in [0.15, 0.2) is 0 Å². The molecule has 1 aliphatic rings. The van der Waals surface area contributed by atoms with Crippen molar-refractivity contribution in [2.45, 2.75) is 64.9 Å². The Morgan fingerprint density at radius 1 is 1.14 bits per heavy atom. The summed E-state index contributed by atoms with van der Waals surface area (Å²) in [4.78, 5) is 26.1. The summed E-state index contributed by atoms with van der Waals surface area (Å²) >= 11 is 3.45. The molecule has 1 N–H and O–H groups in total. The molecule has 5 nitrogen and oxygen atoms in total. The highest BCUT2D eigenvalue weighted by Gasteiger charge is 2.23. The number of carbonyl (C=O) groups excluding carboxylic acids is 2. The van der Waals surface area contributed by atoms with Gasteiger partial charge in [0.2, 0.25) is 5.91 Å². The molecule has 1 aromatic carbocycles. The molecule has 0 radical (unpaired) electrons. The first-order valence-corrected chi connectivity index (χ1v) is 11.0. The molecule has 1 fully saturated rings. The monoisotopic (exact) mass is 452 g/mol. The first kappa shape index (κ1) is 22.7. The average molecular weight is 453 g/mol. The van der Waals surface area contributed by atoms with E-state index in [4.69, 9.17) is 4.74 Å². The van der Waals surface area contributed by atoms with E-state index in [1.54, 1.807) is 0 Å². The minimum atomic E-state index is -0.475. The van der Waals surface area contributed by atoms with Gasteiger partial charge in [-0.1, -0.05) is 28.1 Å². The lowest BCUT2D eigenvalue weighted by atomic mass is 9.96. The number of aryl methyl sites for hydroxylation is 1. The van der Waals surface area contributed by atoms with Gasteiger partial charge in [-0.25, -0.2) is 4.79 Å². The first-order valence-electron chi connectivity index (χ1n) is 10.2. The average Bonchev–Trinajstić information content (AvgIpc) is 2.64. The van der Waals surface area contributed by atoms with Crippen LogP contribution in [0.25, 0.3) is 0 Å². The van der Waals surface area contributed by atoms with E-state index >= 15 is 0 Å². The number of carbonyl (C=O) groups is 2. The molecule has 1 aromatic rings. The van der Waals surface area contributed by atoms with Crippen LogP contribution in [-0.2, 0) is 16.0 Å². The van der Waals surface area contributed by atoms with Gasteiger partial charge >= 0.3 is 6.09 Å². The maximum absolute atomic E-state index is 12.4. The maximum Gasteiger partial charge on any atom is 0.407 e. The van der Waals surface area contributed by atoms with Gasteiger partial charge in [-0.3, -0.25) is 4.79 Å². The van der Waals surface area contributed by atoms with Crippen LogP contribution in [0.1, 0.15) is 58.4 Å². The number of nitrogens with zero attached hydrogens (tertiary/aromatic N) is 1. The number of rotatable bonds is 7. The van der Waals surface area contributed by atoms with E-state index in [1.807, 2.05) is 25.7 Å². The molecule has 1 saturated heterocycles. The Hall–Kier alpha value is -1.56. The Morgan fingerprint density at radius 2 is 1.79 bits per heavy atom. The van der Waals surface area contributed by atoms with Crippen LogP contribution in [0.15, 0.2) is 28.7 Å². The zero-order valence-corrected chi connectivity index (χ0v) is 18.9. The van der Waals surface area contributed by atoms with Crippen molar-refractivity contribution in [2.75, 3.05) is 19.6 Å². The predicted molar refractivity (Wildman–Crippen MR) is 115 cm³/mol. The molecule has 0 saturated carbocycles. The van der Waals surface area contributed by atoms with Crippen molar-refractivity contribution in [1.29, 1.82) is 0 Å². The Bertz CT molecular complexity index is 632. The first-order chi connectivity index (χ1) is 13.2. The van der Waals surface area contributed by atoms with Crippen molar-refractivity contribution < 1.29 is 14.3 Å². The van der Waals surface area contributed by atoms with Gasteiger partial charge in [0, 0.05) is 30.5 Å². The summed E-state index contributed by atoms with van der Waals surface area (Å²) < 4.78 is 6.36. The van der Waals surface area contributed by atoms with Crippen LogP contribution in [0.3, 0.4) is 0 Å². The van der Waals surface area contributed by atoms with E-state index in [9.17, 15) is 9.59 Å². The lowest BCUT2D eigenvalue weighted by Crippen LogP contribution is -2.42. The Kier molecular flexibility index (Phi) is 8.80. The van der Waals surface area contributed by atoms with E-state index in [0.717, 1.165) is 49.7 Å². The lowest BCUT2D eigenvalue weighted by Gasteiger charge is -2.32. The molecule has 0 atom stereocenters.